The van der Waals surface area contributed by atoms with Gasteiger partial charge in [0.25, 0.3) is 0 Å². The van der Waals surface area contributed by atoms with Gasteiger partial charge in [-0.2, -0.15) is 0 Å². The number of benzene rings is 1. The molecule has 0 saturated carbocycles. The third-order valence-electron chi connectivity index (χ3n) is 3.23. The second-order valence-corrected chi connectivity index (χ2v) is 5.83. The summed E-state index contributed by atoms with van der Waals surface area (Å²) in [4.78, 5) is 3.65. The zero-order valence-electron chi connectivity index (χ0n) is 10.0. The topological polar surface area (TPSA) is 15.3 Å². The van der Waals surface area contributed by atoms with E-state index in [1.165, 1.54) is 16.1 Å². The standard InChI is InChI=1S/C14H15ClN2S/c15-12-5-8-18-14(12)10-17-7-6-16-9-11-3-1-2-4-13(11)17/h1-5,8,16H,6-7,9-10H2. The van der Waals surface area contributed by atoms with E-state index in [1.807, 2.05) is 6.07 Å². The predicted molar refractivity (Wildman–Crippen MR) is 78.5 cm³/mol. The second-order valence-electron chi connectivity index (χ2n) is 4.42. The van der Waals surface area contributed by atoms with Gasteiger partial charge in [0.15, 0.2) is 0 Å². The largest absolute Gasteiger partial charge is 0.365 e. The lowest BCUT2D eigenvalue weighted by Crippen LogP contribution is -2.28. The fraction of sp³-hybridized carbons (Fsp3) is 0.286. The molecular formula is C14H15ClN2S. The summed E-state index contributed by atoms with van der Waals surface area (Å²) in [6.07, 6.45) is 0. The molecule has 0 unspecified atom stereocenters. The van der Waals surface area contributed by atoms with Gasteiger partial charge in [-0.05, 0) is 23.1 Å². The smallest absolute Gasteiger partial charge is 0.0563 e. The van der Waals surface area contributed by atoms with Gasteiger partial charge >= 0.3 is 0 Å². The number of fused-ring (bicyclic) bond motifs is 1. The van der Waals surface area contributed by atoms with Crippen LogP contribution in [0.1, 0.15) is 10.4 Å². The highest BCUT2D eigenvalue weighted by molar-refractivity contribution is 7.10. The highest BCUT2D eigenvalue weighted by Crippen LogP contribution is 2.28. The fourth-order valence-corrected chi connectivity index (χ4v) is 3.41. The van der Waals surface area contributed by atoms with E-state index in [-0.39, 0.29) is 0 Å². The number of halogens is 1. The van der Waals surface area contributed by atoms with E-state index in [2.05, 4.69) is 39.9 Å². The van der Waals surface area contributed by atoms with Crippen LogP contribution in [-0.4, -0.2) is 13.1 Å². The Balaban J connectivity index is 1.90. The van der Waals surface area contributed by atoms with Crippen molar-refractivity contribution in [3.05, 3.63) is 51.2 Å². The van der Waals surface area contributed by atoms with E-state index < -0.39 is 0 Å². The number of nitrogens with zero attached hydrogens (tertiary/aromatic N) is 1. The van der Waals surface area contributed by atoms with E-state index in [1.54, 1.807) is 11.3 Å². The maximum atomic E-state index is 6.20. The van der Waals surface area contributed by atoms with Gasteiger partial charge in [0.2, 0.25) is 0 Å². The molecule has 0 fully saturated rings. The van der Waals surface area contributed by atoms with Crippen LogP contribution in [0.4, 0.5) is 5.69 Å². The lowest BCUT2D eigenvalue weighted by Gasteiger charge is -2.24. The summed E-state index contributed by atoms with van der Waals surface area (Å²) < 4.78 is 0. The molecule has 0 saturated heterocycles. The van der Waals surface area contributed by atoms with Gasteiger partial charge in [0.1, 0.15) is 0 Å². The number of rotatable bonds is 2. The first-order valence-corrected chi connectivity index (χ1v) is 7.36. The lowest BCUT2D eigenvalue weighted by atomic mass is 10.1. The Bertz CT molecular complexity index is 538. The molecule has 2 heterocycles. The molecular weight excluding hydrogens is 264 g/mol. The van der Waals surface area contributed by atoms with Crippen molar-refractivity contribution in [3.63, 3.8) is 0 Å². The molecule has 0 atom stereocenters. The molecule has 1 N–H and O–H groups in total. The van der Waals surface area contributed by atoms with Crippen molar-refractivity contribution in [1.29, 1.82) is 0 Å². The third-order valence-corrected chi connectivity index (χ3v) is 4.60. The van der Waals surface area contributed by atoms with E-state index in [9.17, 15) is 0 Å². The van der Waals surface area contributed by atoms with E-state index in [0.717, 1.165) is 31.2 Å². The highest BCUT2D eigenvalue weighted by Gasteiger charge is 2.16. The number of thiophene rings is 1. The van der Waals surface area contributed by atoms with Crippen LogP contribution < -0.4 is 10.2 Å². The molecule has 0 amide bonds. The van der Waals surface area contributed by atoms with Crippen molar-refractivity contribution in [2.45, 2.75) is 13.1 Å². The van der Waals surface area contributed by atoms with Crippen LogP contribution in [0.15, 0.2) is 35.7 Å². The number of para-hydroxylation sites is 1. The lowest BCUT2D eigenvalue weighted by molar-refractivity contribution is 0.690. The number of hydrogen-bond acceptors (Lipinski definition) is 3. The van der Waals surface area contributed by atoms with Gasteiger partial charge in [-0.15, -0.1) is 11.3 Å². The van der Waals surface area contributed by atoms with Gasteiger partial charge in [0.05, 0.1) is 11.6 Å². The first kappa shape index (κ1) is 12.0. The van der Waals surface area contributed by atoms with Crippen LogP contribution in [0.2, 0.25) is 5.02 Å². The van der Waals surface area contributed by atoms with Gasteiger partial charge in [0, 0.05) is 30.2 Å². The zero-order valence-corrected chi connectivity index (χ0v) is 11.6. The van der Waals surface area contributed by atoms with Crippen LogP contribution in [-0.2, 0) is 13.1 Å². The fourth-order valence-electron chi connectivity index (χ4n) is 2.30. The SMILES string of the molecule is Clc1ccsc1CN1CCNCc2ccccc21. The highest BCUT2D eigenvalue weighted by atomic mass is 35.5. The molecule has 3 rings (SSSR count). The van der Waals surface area contributed by atoms with Crippen LogP contribution >= 0.6 is 22.9 Å². The Morgan fingerprint density at radius 1 is 1.28 bits per heavy atom. The minimum absolute atomic E-state index is 0.884. The van der Waals surface area contributed by atoms with Crippen molar-refractivity contribution in [2.75, 3.05) is 18.0 Å². The first-order chi connectivity index (χ1) is 8.84. The normalized spacial score (nSPS) is 15.3. The summed E-state index contributed by atoms with van der Waals surface area (Å²) in [5.74, 6) is 0. The van der Waals surface area contributed by atoms with Crippen LogP contribution in [0.5, 0.6) is 0 Å². The molecule has 2 aromatic rings. The van der Waals surface area contributed by atoms with E-state index in [0.29, 0.717) is 0 Å². The quantitative estimate of drug-likeness (QED) is 0.904. The second kappa shape index (κ2) is 5.31. The summed E-state index contributed by atoms with van der Waals surface area (Å²) in [5.41, 5.74) is 2.69. The zero-order chi connectivity index (χ0) is 12.4. The number of hydrogen-bond donors (Lipinski definition) is 1. The molecule has 0 bridgehead atoms. The summed E-state index contributed by atoms with van der Waals surface area (Å²) in [7, 11) is 0. The molecule has 0 spiro atoms. The molecule has 0 radical (unpaired) electrons. The molecule has 1 aliphatic rings. The maximum Gasteiger partial charge on any atom is 0.0563 e. The molecule has 94 valence electrons. The van der Waals surface area contributed by atoms with Crippen LogP contribution in [0.3, 0.4) is 0 Å². The number of nitrogens with one attached hydrogen (secondary N) is 1. The van der Waals surface area contributed by atoms with E-state index >= 15 is 0 Å². The van der Waals surface area contributed by atoms with Crippen LogP contribution in [0.25, 0.3) is 0 Å². The molecule has 1 aromatic heterocycles. The Morgan fingerprint density at radius 3 is 3.00 bits per heavy atom. The number of anilines is 1. The van der Waals surface area contributed by atoms with Crippen molar-refractivity contribution < 1.29 is 0 Å². The molecule has 1 aromatic carbocycles. The average Bonchev–Trinajstić information content (AvgIpc) is 2.68. The Kier molecular flexibility index (Phi) is 3.55. The minimum atomic E-state index is 0.884. The third kappa shape index (κ3) is 2.39. The minimum Gasteiger partial charge on any atom is -0.365 e. The van der Waals surface area contributed by atoms with Crippen LogP contribution in [0, 0.1) is 0 Å². The Hall–Kier alpha value is -1.03. The maximum absolute atomic E-state index is 6.20. The summed E-state index contributed by atoms with van der Waals surface area (Å²) >= 11 is 7.93. The van der Waals surface area contributed by atoms with Crippen molar-refractivity contribution >= 4 is 28.6 Å². The Morgan fingerprint density at radius 2 is 2.17 bits per heavy atom. The summed E-state index contributed by atoms with van der Waals surface area (Å²) in [5, 5.41) is 6.40. The molecule has 18 heavy (non-hydrogen) atoms. The molecule has 0 aliphatic carbocycles. The average molecular weight is 279 g/mol. The molecule has 1 aliphatic heterocycles. The monoisotopic (exact) mass is 278 g/mol. The summed E-state index contributed by atoms with van der Waals surface area (Å²) in [6, 6.07) is 10.6. The van der Waals surface area contributed by atoms with E-state index in [4.69, 9.17) is 11.6 Å². The summed E-state index contributed by atoms with van der Waals surface area (Å²) in [6.45, 7) is 3.88. The van der Waals surface area contributed by atoms with Gasteiger partial charge in [-0.1, -0.05) is 29.8 Å². The molecule has 4 heteroatoms. The van der Waals surface area contributed by atoms with Crippen molar-refractivity contribution in [3.8, 4) is 0 Å². The molecule has 2 nitrogen and oxygen atoms in total. The predicted octanol–water partition coefficient (Wildman–Crippen LogP) is 3.51. The first-order valence-electron chi connectivity index (χ1n) is 6.10. The van der Waals surface area contributed by atoms with Gasteiger partial charge in [-0.25, -0.2) is 0 Å². The van der Waals surface area contributed by atoms with Gasteiger partial charge < -0.3 is 10.2 Å². The Labute approximate surface area is 116 Å². The van der Waals surface area contributed by atoms with Gasteiger partial charge in [-0.3, -0.25) is 0 Å². The van der Waals surface area contributed by atoms with Crippen molar-refractivity contribution in [1.82, 2.24) is 5.32 Å². The van der Waals surface area contributed by atoms with Crippen molar-refractivity contribution in [2.24, 2.45) is 0 Å².